The fraction of sp³-hybridized carbons (Fsp3) is 0.409. The topological polar surface area (TPSA) is 66.5 Å². The summed E-state index contributed by atoms with van der Waals surface area (Å²) < 4.78 is 28.2. The minimum absolute atomic E-state index is 0.117. The zero-order valence-electron chi connectivity index (χ0n) is 17.3. The number of benzene rings is 2. The molecule has 0 unspecified atom stereocenters. The van der Waals surface area contributed by atoms with Crippen LogP contribution in [0.5, 0.6) is 0 Å². The van der Waals surface area contributed by atoms with Crippen molar-refractivity contribution in [2.45, 2.75) is 45.4 Å². The molecule has 0 radical (unpaired) electrons. The van der Waals surface area contributed by atoms with Gasteiger partial charge >= 0.3 is 0 Å². The second-order valence-corrected chi connectivity index (χ2v) is 10.0. The zero-order valence-corrected chi connectivity index (χ0v) is 18.8. The van der Waals surface area contributed by atoms with E-state index >= 15 is 0 Å². The Hall–Kier alpha value is -1.89. The number of nitrogens with one attached hydrogen (secondary N) is 1. The van der Waals surface area contributed by atoms with E-state index in [0.29, 0.717) is 41.5 Å². The van der Waals surface area contributed by atoms with Crippen LogP contribution in [-0.2, 0) is 14.8 Å². The molecule has 1 saturated heterocycles. The van der Waals surface area contributed by atoms with Gasteiger partial charge in [-0.15, -0.1) is 0 Å². The first kappa shape index (κ1) is 21.8. The maximum Gasteiger partial charge on any atom is 0.243 e. The van der Waals surface area contributed by atoms with E-state index in [2.05, 4.69) is 5.32 Å². The molecule has 1 heterocycles. The van der Waals surface area contributed by atoms with Crippen molar-refractivity contribution >= 4 is 33.2 Å². The molecule has 7 heteroatoms. The van der Waals surface area contributed by atoms with E-state index in [1.165, 1.54) is 4.31 Å². The monoisotopic (exact) mass is 434 g/mol. The van der Waals surface area contributed by atoms with Crippen LogP contribution in [0.1, 0.15) is 35.1 Å². The Balaban J connectivity index is 1.74. The average Bonchev–Trinajstić information content (AvgIpc) is 2.68. The summed E-state index contributed by atoms with van der Waals surface area (Å²) >= 11 is 6.11. The summed E-state index contributed by atoms with van der Waals surface area (Å²) in [6.07, 6.45) is 0.969. The van der Waals surface area contributed by atoms with Gasteiger partial charge in [-0.25, -0.2) is 8.42 Å². The number of amides is 1. The Kier molecular flexibility index (Phi) is 6.36. The molecular weight excluding hydrogens is 408 g/mol. The molecule has 0 saturated carbocycles. The number of sulfonamides is 1. The molecule has 1 aliphatic rings. The van der Waals surface area contributed by atoms with Crippen molar-refractivity contribution in [3.05, 3.63) is 57.6 Å². The Morgan fingerprint density at radius 2 is 1.59 bits per heavy atom. The van der Waals surface area contributed by atoms with Crippen molar-refractivity contribution < 1.29 is 13.2 Å². The molecule has 1 amide bonds. The molecule has 0 bridgehead atoms. The molecule has 0 spiro atoms. The normalized spacial score (nSPS) is 16.0. The van der Waals surface area contributed by atoms with Crippen molar-refractivity contribution in [3.8, 4) is 0 Å². The number of hydrogen-bond acceptors (Lipinski definition) is 3. The van der Waals surface area contributed by atoms with Gasteiger partial charge in [0.25, 0.3) is 0 Å². The van der Waals surface area contributed by atoms with Crippen molar-refractivity contribution in [2.24, 2.45) is 5.92 Å². The summed E-state index contributed by atoms with van der Waals surface area (Å²) in [7, 11) is -3.60. The zero-order chi connectivity index (χ0) is 21.3. The van der Waals surface area contributed by atoms with Gasteiger partial charge in [-0.1, -0.05) is 29.8 Å². The standard InChI is InChI=1S/C22H27ClN2O3S/c1-14-13-15(2)17(4)21(16(14)3)29(27,28)25-11-9-18(10-12-25)22(26)24-20-8-6-5-7-19(20)23/h5-8,13,18H,9-12H2,1-4H3,(H,24,26). The Morgan fingerprint density at radius 1 is 1.03 bits per heavy atom. The number of piperidine rings is 1. The SMILES string of the molecule is Cc1cc(C)c(C)c(S(=O)(=O)N2CCC(C(=O)Nc3ccccc3Cl)CC2)c1C. The van der Waals surface area contributed by atoms with Crippen LogP contribution >= 0.6 is 11.6 Å². The Morgan fingerprint density at radius 3 is 2.14 bits per heavy atom. The highest BCUT2D eigenvalue weighted by molar-refractivity contribution is 7.89. The third-order valence-corrected chi connectivity index (χ3v) is 8.35. The third-order valence-electron chi connectivity index (χ3n) is 5.85. The molecule has 0 atom stereocenters. The molecule has 1 aliphatic heterocycles. The van der Waals surface area contributed by atoms with Crippen molar-refractivity contribution in [1.82, 2.24) is 4.31 Å². The molecule has 2 aromatic rings. The molecule has 0 aromatic heterocycles. The Bertz CT molecular complexity index is 1020. The predicted octanol–water partition coefficient (Wildman–Crippen LogP) is 4.61. The summed E-state index contributed by atoms with van der Waals surface area (Å²) in [5, 5.41) is 3.35. The molecule has 0 aliphatic carbocycles. The largest absolute Gasteiger partial charge is 0.325 e. The third kappa shape index (κ3) is 4.34. The van der Waals surface area contributed by atoms with Crippen LogP contribution in [0.15, 0.2) is 35.2 Å². The predicted molar refractivity (Wildman–Crippen MR) is 117 cm³/mol. The summed E-state index contributed by atoms with van der Waals surface area (Å²) in [4.78, 5) is 13.0. The summed E-state index contributed by atoms with van der Waals surface area (Å²) in [5.74, 6) is -0.354. The number of carbonyl (C=O) groups is 1. The van der Waals surface area contributed by atoms with Crippen LogP contribution in [0.3, 0.4) is 0 Å². The van der Waals surface area contributed by atoms with E-state index in [4.69, 9.17) is 11.6 Å². The molecule has 156 valence electrons. The van der Waals surface area contributed by atoms with Gasteiger partial charge in [-0.3, -0.25) is 4.79 Å². The first-order valence-electron chi connectivity index (χ1n) is 9.76. The second-order valence-electron chi connectivity index (χ2n) is 7.74. The van der Waals surface area contributed by atoms with Gasteiger partial charge in [0.2, 0.25) is 15.9 Å². The number of aryl methyl sites for hydroxylation is 2. The lowest BCUT2D eigenvalue weighted by atomic mass is 9.97. The molecule has 1 fully saturated rings. The molecule has 5 nitrogen and oxygen atoms in total. The van der Waals surface area contributed by atoms with E-state index in [1.807, 2.05) is 39.8 Å². The van der Waals surface area contributed by atoms with Crippen molar-refractivity contribution in [3.63, 3.8) is 0 Å². The number of halogens is 1. The van der Waals surface area contributed by atoms with Gasteiger partial charge in [0.1, 0.15) is 0 Å². The lowest BCUT2D eigenvalue weighted by Crippen LogP contribution is -2.41. The summed E-state index contributed by atoms with van der Waals surface area (Å²) in [6, 6.07) is 9.12. The highest BCUT2D eigenvalue weighted by atomic mass is 35.5. The highest BCUT2D eigenvalue weighted by Gasteiger charge is 2.34. The van der Waals surface area contributed by atoms with Gasteiger partial charge in [0.05, 0.1) is 15.6 Å². The Labute approximate surface area is 178 Å². The number of para-hydroxylation sites is 1. The number of carbonyl (C=O) groups excluding carboxylic acids is 1. The molecule has 29 heavy (non-hydrogen) atoms. The molecule has 1 N–H and O–H groups in total. The minimum Gasteiger partial charge on any atom is -0.325 e. The van der Waals surface area contributed by atoms with Crippen molar-refractivity contribution in [2.75, 3.05) is 18.4 Å². The van der Waals surface area contributed by atoms with Crippen LogP contribution in [0, 0.1) is 33.6 Å². The van der Waals surface area contributed by atoms with Gasteiger partial charge < -0.3 is 5.32 Å². The number of nitrogens with zero attached hydrogens (tertiary/aromatic N) is 1. The van der Waals surface area contributed by atoms with E-state index in [9.17, 15) is 13.2 Å². The van der Waals surface area contributed by atoms with Gasteiger partial charge in [-0.05, 0) is 74.9 Å². The maximum absolute atomic E-state index is 13.4. The van der Waals surface area contributed by atoms with E-state index in [0.717, 1.165) is 22.3 Å². The van der Waals surface area contributed by atoms with Gasteiger partial charge in [-0.2, -0.15) is 4.31 Å². The number of hydrogen-bond donors (Lipinski definition) is 1. The van der Waals surface area contributed by atoms with Crippen molar-refractivity contribution in [1.29, 1.82) is 0 Å². The molecular formula is C22H27ClN2O3S. The van der Waals surface area contributed by atoms with Gasteiger partial charge in [0.15, 0.2) is 0 Å². The number of rotatable bonds is 4. The van der Waals surface area contributed by atoms with E-state index in [1.54, 1.807) is 18.2 Å². The first-order valence-corrected chi connectivity index (χ1v) is 11.6. The molecule has 2 aromatic carbocycles. The van der Waals surface area contributed by atoms with E-state index in [-0.39, 0.29) is 11.8 Å². The molecule has 3 rings (SSSR count). The first-order chi connectivity index (χ1) is 13.6. The van der Waals surface area contributed by atoms with Crippen LogP contribution in [0.2, 0.25) is 5.02 Å². The lowest BCUT2D eigenvalue weighted by molar-refractivity contribution is -0.120. The average molecular weight is 435 g/mol. The smallest absolute Gasteiger partial charge is 0.243 e. The van der Waals surface area contributed by atoms with Crippen LogP contribution in [-0.4, -0.2) is 31.7 Å². The summed E-state index contributed by atoms with van der Waals surface area (Å²) in [6.45, 7) is 8.25. The highest BCUT2D eigenvalue weighted by Crippen LogP contribution is 2.31. The quantitative estimate of drug-likeness (QED) is 0.763. The lowest BCUT2D eigenvalue weighted by Gasteiger charge is -2.32. The fourth-order valence-electron chi connectivity index (χ4n) is 3.85. The minimum atomic E-state index is -3.60. The van der Waals surface area contributed by atoms with Gasteiger partial charge in [0, 0.05) is 19.0 Å². The second kappa shape index (κ2) is 8.46. The summed E-state index contributed by atoms with van der Waals surface area (Å²) in [5.41, 5.74) is 4.12. The van der Waals surface area contributed by atoms with E-state index < -0.39 is 10.0 Å². The van der Waals surface area contributed by atoms with Crippen LogP contribution in [0.4, 0.5) is 5.69 Å². The fourth-order valence-corrected chi connectivity index (χ4v) is 6.08. The number of anilines is 1. The maximum atomic E-state index is 13.4. The van der Waals surface area contributed by atoms with Crippen LogP contribution in [0.25, 0.3) is 0 Å². The van der Waals surface area contributed by atoms with Crippen LogP contribution < -0.4 is 5.32 Å².